The Morgan fingerprint density at radius 1 is 0.683 bits per heavy atom. The molecule has 1 spiro atoms. The maximum absolute atomic E-state index is 5.95. The van der Waals surface area contributed by atoms with E-state index in [2.05, 4.69) is 86.4 Å². The first-order chi connectivity index (χ1) is 20.1. The van der Waals surface area contributed by atoms with Crippen molar-refractivity contribution >= 4 is 68.1 Å². The Bertz CT molecular complexity index is 1640. The van der Waals surface area contributed by atoms with E-state index >= 15 is 0 Å². The maximum atomic E-state index is 5.95. The minimum absolute atomic E-state index is 0.134. The van der Waals surface area contributed by atoms with Gasteiger partial charge in [0.15, 0.2) is 10.2 Å². The lowest BCUT2D eigenvalue weighted by Crippen LogP contribution is -2.57. The Morgan fingerprint density at radius 3 is 1.98 bits per heavy atom. The van der Waals surface area contributed by atoms with Crippen molar-refractivity contribution in [1.29, 1.82) is 0 Å². The third-order valence-corrected chi connectivity index (χ3v) is 9.49. The van der Waals surface area contributed by atoms with Crippen molar-refractivity contribution < 1.29 is 0 Å². The van der Waals surface area contributed by atoms with Crippen LogP contribution in [0, 0.1) is 0 Å². The van der Waals surface area contributed by atoms with Crippen molar-refractivity contribution in [1.82, 2.24) is 9.80 Å². The lowest BCUT2D eigenvalue weighted by atomic mass is 9.71. The summed E-state index contributed by atoms with van der Waals surface area (Å²) >= 11 is 11.8. The molecular formula is C34H33N5S2. The fraction of sp³-hybridized carbons (Fsp3) is 0.235. The lowest BCUT2D eigenvalue weighted by molar-refractivity contribution is 0.262. The fourth-order valence-electron chi connectivity index (χ4n) is 6.65. The van der Waals surface area contributed by atoms with Crippen LogP contribution in [0.25, 0.3) is 16.3 Å². The van der Waals surface area contributed by atoms with Gasteiger partial charge in [-0.05, 0) is 95.9 Å². The minimum Gasteiger partial charge on any atom is -0.375 e. The Morgan fingerprint density at radius 2 is 1.29 bits per heavy atom. The molecular weight excluding hydrogens is 543 g/mol. The van der Waals surface area contributed by atoms with E-state index in [-0.39, 0.29) is 5.54 Å². The number of thiocarbonyl (C=S) groups is 2. The van der Waals surface area contributed by atoms with Gasteiger partial charge >= 0.3 is 0 Å². The molecule has 41 heavy (non-hydrogen) atoms. The highest BCUT2D eigenvalue weighted by molar-refractivity contribution is 7.80. The molecule has 5 nitrogen and oxygen atoms in total. The Hall–Kier alpha value is -3.94. The van der Waals surface area contributed by atoms with Gasteiger partial charge in [0.2, 0.25) is 0 Å². The first kappa shape index (κ1) is 26.0. The van der Waals surface area contributed by atoms with E-state index in [1.165, 1.54) is 33.2 Å². The number of benzene rings is 4. The van der Waals surface area contributed by atoms with Crippen molar-refractivity contribution in [3.8, 4) is 0 Å². The number of hydrogen-bond donors (Lipinski definition) is 3. The zero-order chi connectivity index (χ0) is 27.8. The standard InChI is InChI=1S/C34H33N5S2/c40-32(35-25-10-3-1-4-11-25)38-21-18-34(19-22-38)29-23-39(33(41)36-26-12-5-2-6-13-26)20-17-28(29)31-27-14-8-7-9-24(27)15-16-30(31)37-34/h1-16,37H,17-23H2,(H,35,40)(H,36,41). The largest absolute Gasteiger partial charge is 0.375 e. The van der Waals surface area contributed by atoms with E-state index in [0.29, 0.717) is 0 Å². The van der Waals surface area contributed by atoms with Crippen LogP contribution in [0.15, 0.2) is 103 Å². The van der Waals surface area contributed by atoms with Gasteiger partial charge in [0, 0.05) is 48.8 Å². The van der Waals surface area contributed by atoms with Crippen molar-refractivity contribution in [2.75, 3.05) is 42.1 Å². The predicted molar refractivity (Wildman–Crippen MR) is 180 cm³/mol. The molecule has 0 radical (unpaired) electrons. The molecule has 0 amide bonds. The average Bonchev–Trinajstić information content (AvgIpc) is 3.02. The molecule has 3 N–H and O–H groups in total. The van der Waals surface area contributed by atoms with Gasteiger partial charge in [-0.1, -0.05) is 66.7 Å². The molecule has 3 aliphatic rings. The highest BCUT2D eigenvalue weighted by Gasteiger charge is 2.45. The summed E-state index contributed by atoms with van der Waals surface area (Å²) in [5.41, 5.74) is 7.51. The first-order valence-electron chi connectivity index (χ1n) is 14.3. The molecule has 7 heteroatoms. The Kier molecular flexibility index (Phi) is 6.85. The summed E-state index contributed by atoms with van der Waals surface area (Å²) in [5.74, 6) is 0. The molecule has 0 unspecified atom stereocenters. The van der Waals surface area contributed by atoms with Crippen molar-refractivity contribution in [3.63, 3.8) is 0 Å². The summed E-state index contributed by atoms with van der Waals surface area (Å²) in [7, 11) is 0. The number of rotatable bonds is 2. The van der Waals surface area contributed by atoms with Crippen molar-refractivity contribution in [3.05, 3.63) is 108 Å². The highest BCUT2D eigenvalue weighted by atomic mass is 32.1. The van der Waals surface area contributed by atoms with Crippen LogP contribution in [0.4, 0.5) is 17.1 Å². The van der Waals surface area contributed by atoms with Gasteiger partial charge in [0.1, 0.15) is 0 Å². The average molecular weight is 576 g/mol. The van der Waals surface area contributed by atoms with Gasteiger partial charge < -0.3 is 25.8 Å². The van der Waals surface area contributed by atoms with Crippen LogP contribution in [-0.2, 0) is 0 Å². The van der Waals surface area contributed by atoms with E-state index in [1.54, 1.807) is 0 Å². The minimum atomic E-state index is -0.134. The molecule has 0 atom stereocenters. The zero-order valence-corrected chi connectivity index (χ0v) is 24.5. The topological polar surface area (TPSA) is 42.6 Å². The van der Waals surface area contributed by atoms with Gasteiger partial charge in [-0.25, -0.2) is 0 Å². The second-order valence-corrected chi connectivity index (χ2v) is 11.9. The first-order valence-corrected chi connectivity index (χ1v) is 15.2. The molecule has 4 aromatic rings. The van der Waals surface area contributed by atoms with Gasteiger partial charge in [0.25, 0.3) is 0 Å². The molecule has 0 bridgehead atoms. The number of nitrogens with zero attached hydrogens (tertiary/aromatic N) is 2. The normalized spacial score (nSPS) is 17.5. The molecule has 4 aromatic carbocycles. The monoisotopic (exact) mass is 575 g/mol. The lowest BCUT2D eigenvalue weighted by Gasteiger charge is -2.51. The zero-order valence-electron chi connectivity index (χ0n) is 22.9. The van der Waals surface area contributed by atoms with Crippen LogP contribution >= 0.6 is 24.4 Å². The fourth-order valence-corrected chi connectivity index (χ4v) is 7.23. The molecule has 7 rings (SSSR count). The molecule has 1 saturated heterocycles. The summed E-state index contributed by atoms with van der Waals surface area (Å²) in [6.45, 7) is 3.49. The molecule has 3 aliphatic heterocycles. The molecule has 3 heterocycles. The maximum Gasteiger partial charge on any atom is 0.173 e. The van der Waals surface area contributed by atoms with Crippen LogP contribution in [0.5, 0.6) is 0 Å². The van der Waals surface area contributed by atoms with E-state index in [9.17, 15) is 0 Å². The molecule has 0 aromatic heterocycles. The number of likely N-dealkylation sites (tertiary alicyclic amines) is 1. The van der Waals surface area contributed by atoms with E-state index in [1.807, 2.05) is 36.4 Å². The second-order valence-electron chi connectivity index (χ2n) is 11.1. The third kappa shape index (κ3) is 4.94. The molecule has 206 valence electrons. The molecule has 0 saturated carbocycles. The van der Waals surface area contributed by atoms with Crippen LogP contribution in [-0.4, -0.2) is 51.7 Å². The SMILES string of the molecule is S=C(Nc1ccccc1)N1CCC2(CC1)Nc1ccc3ccccc3c1C1=C2CN(C(=S)Nc2ccccc2)CC1. The van der Waals surface area contributed by atoms with Crippen molar-refractivity contribution in [2.45, 2.75) is 24.8 Å². The van der Waals surface area contributed by atoms with E-state index in [4.69, 9.17) is 24.4 Å². The Balaban J connectivity index is 1.20. The second kappa shape index (κ2) is 10.8. The summed E-state index contributed by atoms with van der Waals surface area (Å²) in [6, 6.07) is 33.7. The van der Waals surface area contributed by atoms with Crippen LogP contribution in [0.2, 0.25) is 0 Å². The van der Waals surface area contributed by atoms with Crippen LogP contribution in [0.3, 0.4) is 0 Å². The van der Waals surface area contributed by atoms with Gasteiger partial charge in [-0.3, -0.25) is 0 Å². The van der Waals surface area contributed by atoms with Crippen molar-refractivity contribution in [2.24, 2.45) is 0 Å². The number of nitrogens with one attached hydrogen (secondary N) is 3. The summed E-state index contributed by atoms with van der Waals surface area (Å²) in [4.78, 5) is 4.66. The number of para-hydroxylation sites is 2. The van der Waals surface area contributed by atoms with E-state index in [0.717, 1.165) is 67.0 Å². The summed E-state index contributed by atoms with van der Waals surface area (Å²) in [5, 5.41) is 15.2. The van der Waals surface area contributed by atoms with Gasteiger partial charge in [-0.2, -0.15) is 0 Å². The number of anilines is 3. The van der Waals surface area contributed by atoms with Crippen LogP contribution in [0.1, 0.15) is 24.8 Å². The molecule has 0 aliphatic carbocycles. The number of piperidine rings is 1. The van der Waals surface area contributed by atoms with Gasteiger partial charge in [0.05, 0.1) is 5.54 Å². The van der Waals surface area contributed by atoms with Gasteiger partial charge in [-0.15, -0.1) is 0 Å². The third-order valence-electron chi connectivity index (χ3n) is 8.77. The number of fused-ring (bicyclic) bond motifs is 5. The molecule has 1 fully saturated rings. The summed E-state index contributed by atoms with van der Waals surface area (Å²) < 4.78 is 0. The predicted octanol–water partition coefficient (Wildman–Crippen LogP) is 7.35. The van der Waals surface area contributed by atoms with E-state index < -0.39 is 0 Å². The quantitative estimate of drug-likeness (QED) is 0.216. The number of hydrogen-bond acceptors (Lipinski definition) is 3. The smallest absolute Gasteiger partial charge is 0.173 e. The summed E-state index contributed by atoms with van der Waals surface area (Å²) in [6.07, 6.45) is 2.91. The van der Waals surface area contributed by atoms with Crippen LogP contribution < -0.4 is 16.0 Å². The Labute approximate surface area is 252 Å². The highest BCUT2D eigenvalue weighted by Crippen LogP contribution is 2.49.